The van der Waals surface area contributed by atoms with E-state index < -0.39 is 0 Å². The molecule has 2 rings (SSSR count). The molecule has 0 saturated carbocycles. The summed E-state index contributed by atoms with van der Waals surface area (Å²) in [5.74, 6) is 0.297. The summed E-state index contributed by atoms with van der Waals surface area (Å²) in [5, 5.41) is 0.372. The van der Waals surface area contributed by atoms with Gasteiger partial charge in [-0.05, 0) is 18.9 Å². The van der Waals surface area contributed by atoms with Crippen LogP contribution in [0, 0.1) is 0 Å². The average molecular weight is 268 g/mol. The zero-order valence-electron chi connectivity index (χ0n) is 10.4. The number of carbonyl (C=O) groups is 1. The van der Waals surface area contributed by atoms with E-state index in [1.54, 1.807) is 6.07 Å². The third kappa shape index (κ3) is 3.13. The number of likely N-dealkylation sites (tertiary alicyclic amines) is 1. The lowest BCUT2D eigenvalue weighted by molar-refractivity contribution is 0.0742. The zero-order chi connectivity index (χ0) is 13.0. The minimum absolute atomic E-state index is 0.0315. The van der Waals surface area contributed by atoms with Crippen molar-refractivity contribution in [3.63, 3.8) is 0 Å². The number of hydrogen-bond donors (Lipinski definition) is 1. The highest BCUT2D eigenvalue weighted by atomic mass is 35.5. The van der Waals surface area contributed by atoms with Gasteiger partial charge in [-0.15, -0.1) is 0 Å². The fourth-order valence-electron chi connectivity index (χ4n) is 2.24. The van der Waals surface area contributed by atoms with Crippen LogP contribution in [0.4, 0.5) is 5.82 Å². The first-order chi connectivity index (χ1) is 8.68. The molecule has 1 aromatic rings. The second kappa shape index (κ2) is 6.05. The molecule has 1 fully saturated rings. The van der Waals surface area contributed by atoms with Gasteiger partial charge in [0.15, 0.2) is 0 Å². The molecule has 1 saturated heterocycles. The summed E-state index contributed by atoms with van der Waals surface area (Å²) >= 11 is 6.02. The first kappa shape index (κ1) is 13.1. The molecule has 0 bridgehead atoms. The van der Waals surface area contributed by atoms with Crippen molar-refractivity contribution >= 4 is 23.3 Å². The largest absolute Gasteiger partial charge is 0.384 e. The number of amides is 1. The molecule has 2 N–H and O–H groups in total. The minimum Gasteiger partial charge on any atom is -0.384 e. The molecule has 1 aliphatic rings. The Hall–Kier alpha value is -1.29. The summed E-state index contributed by atoms with van der Waals surface area (Å²) in [6, 6.07) is 1.56. The van der Waals surface area contributed by atoms with E-state index in [0.717, 1.165) is 25.9 Å². The van der Waals surface area contributed by atoms with Gasteiger partial charge >= 0.3 is 0 Å². The van der Waals surface area contributed by atoms with Gasteiger partial charge in [0.2, 0.25) is 0 Å². The number of rotatable bonds is 1. The number of hydrogen-bond acceptors (Lipinski definition) is 3. The van der Waals surface area contributed by atoms with Gasteiger partial charge in [0.1, 0.15) is 5.82 Å². The average Bonchev–Trinajstić information content (AvgIpc) is 2.31. The number of halogens is 1. The van der Waals surface area contributed by atoms with Crippen molar-refractivity contribution in [1.82, 2.24) is 9.88 Å². The van der Waals surface area contributed by atoms with Crippen LogP contribution in [0.15, 0.2) is 12.3 Å². The van der Waals surface area contributed by atoms with Gasteiger partial charge in [-0.3, -0.25) is 4.79 Å². The Morgan fingerprint density at radius 2 is 1.83 bits per heavy atom. The van der Waals surface area contributed by atoms with E-state index in [1.807, 2.05) is 4.90 Å². The Morgan fingerprint density at radius 3 is 2.50 bits per heavy atom. The molecule has 0 atom stereocenters. The molecule has 0 radical (unpaired) electrons. The molecule has 0 spiro atoms. The smallest absolute Gasteiger partial charge is 0.255 e. The molecule has 0 unspecified atom stereocenters. The highest BCUT2D eigenvalue weighted by Gasteiger charge is 2.19. The molecule has 1 amide bonds. The molecule has 1 aromatic heterocycles. The Bertz CT molecular complexity index is 428. The Kier molecular flexibility index (Phi) is 4.42. The summed E-state index contributed by atoms with van der Waals surface area (Å²) in [7, 11) is 0. The predicted molar refractivity (Wildman–Crippen MR) is 72.6 cm³/mol. The lowest BCUT2D eigenvalue weighted by Gasteiger charge is -2.25. The van der Waals surface area contributed by atoms with Crippen LogP contribution in [0.3, 0.4) is 0 Å². The van der Waals surface area contributed by atoms with Gasteiger partial charge in [0.25, 0.3) is 5.91 Å². The summed E-state index contributed by atoms with van der Waals surface area (Å²) in [6.45, 7) is 1.61. The van der Waals surface area contributed by atoms with Crippen LogP contribution in [0.1, 0.15) is 42.5 Å². The maximum absolute atomic E-state index is 12.4. The van der Waals surface area contributed by atoms with Crippen molar-refractivity contribution < 1.29 is 4.79 Å². The number of carbonyl (C=O) groups excluding carboxylic acids is 1. The molecule has 98 valence electrons. The number of pyridine rings is 1. The van der Waals surface area contributed by atoms with Crippen LogP contribution < -0.4 is 5.73 Å². The molecular weight excluding hydrogens is 250 g/mol. The normalized spacial score (nSPS) is 17.1. The number of nitrogens with zero attached hydrogens (tertiary/aromatic N) is 2. The number of nitrogens with two attached hydrogens (primary N) is 1. The zero-order valence-corrected chi connectivity index (χ0v) is 11.1. The Balaban J connectivity index is 2.15. The van der Waals surface area contributed by atoms with Crippen LogP contribution in [-0.2, 0) is 0 Å². The fraction of sp³-hybridized carbons (Fsp3) is 0.538. The summed E-state index contributed by atoms with van der Waals surface area (Å²) in [4.78, 5) is 18.1. The van der Waals surface area contributed by atoms with Crippen molar-refractivity contribution in [2.75, 3.05) is 18.8 Å². The van der Waals surface area contributed by atoms with E-state index in [4.69, 9.17) is 17.3 Å². The van der Waals surface area contributed by atoms with Gasteiger partial charge in [-0.2, -0.15) is 0 Å². The van der Waals surface area contributed by atoms with E-state index in [0.29, 0.717) is 16.4 Å². The van der Waals surface area contributed by atoms with Gasteiger partial charge in [0.05, 0.1) is 10.6 Å². The van der Waals surface area contributed by atoms with Gasteiger partial charge in [-0.1, -0.05) is 30.9 Å². The topological polar surface area (TPSA) is 59.2 Å². The van der Waals surface area contributed by atoms with Crippen LogP contribution in [0.25, 0.3) is 0 Å². The monoisotopic (exact) mass is 267 g/mol. The van der Waals surface area contributed by atoms with Crippen LogP contribution in [0.2, 0.25) is 5.02 Å². The summed E-state index contributed by atoms with van der Waals surface area (Å²) < 4.78 is 0. The molecule has 18 heavy (non-hydrogen) atoms. The van der Waals surface area contributed by atoms with Crippen LogP contribution in [-0.4, -0.2) is 28.9 Å². The molecular formula is C13H18ClN3O. The lowest BCUT2D eigenvalue weighted by Crippen LogP contribution is -2.34. The highest BCUT2D eigenvalue weighted by Crippen LogP contribution is 2.20. The fourth-order valence-corrected chi connectivity index (χ4v) is 2.42. The van der Waals surface area contributed by atoms with Crippen molar-refractivity contribution in [3.05, 3.63) is 22.8 Å². The molecule has 4 nitrogen and oxygen atoms in total. The predicted octanol–water partition coefficient (Wildman–Crippen LogP) is 2.72. The molecule has 2 heterocycles. The Labute approximate surface area is 112 Å². The SMILES string of the molecule is Nc1cc(C(=O)N2CCCCCCC2)c(Cl)cn1. The van der Waals surface area contributed by atoms with Crippen LogP contribution in [0.5, 0.6) is 0 Å². The molecule has 1 aliphatic heterocycles. The third-order valence-corrected chi connectivity index (χ3v) is 3.55. The minimum atomic E-state index is -0.0315. The van der Waals surface area contributed by atoms with Crippen molar-refractivity contribution in [2.45, 2.75) is 32.1 Å². The highest BCUT2D eigenvalue weighted by molar-refractivity contribution is 6.33. The third-order valence-electron chi connectivity index (χ3n) is 3.25. The number of aromatic nitrogens is 1. The van der Waals surface area contributed by atoms with E-state index >= 15 is 0 Å². The van der Waals surface area contributed by atoms with Crippen molar-refractivity contribution in [1.29, 1.82) is 0 Å². The first-order valence-electron chi connectivity index (χ1n) is 6.39. The second-order valence-electron chi connectivity index (χ2n) is 4.65. The van der Waals surface area contributed by atoms with Gasteiger partial charge in [-0.25, -0.2) is 4.98 Å². The molecule has 0 aliphatic carbocycles. The molecule has 5 heteroatoms. The van der Waals surface area contributed by atoms with E-state index in [1.165, 1.54) is 25.5 Å². The van der Waals surface area contributed by atoms with Gasteiger partial charge < -0.3 is 10.6 Å². The molecule has 0 aromatic carbocycles. The quantitative estimate of drug-likeness (QED) is 0.851. The van der Waals surface area contributed by atoms with Gasteiger partial charge in [0, 0.05) is 19.3 Å². The number of nitrogen functional groups attached to an aromatic ring is 1. The van der Waals surface area contributed by atoms with E-state index in [-0.39, 0.29) is 5.91 Å². The maximum Gasteiger partial charge on any atom is 0.255 e. The standard InChI is InChI=1S/C13H18ClN3O/c14-11-9-16-12(15)8-10(11)13(18)17-6-4-2-1-3-5-7-17/h8-9H,1-7H2,(H2,15,16). The van der Waals surface area contributed by atoms with Crippen molar-refractivity contribution in [2.24, 2.45) is 0 Å². The summed E-state index contributed by atoms with van der Waals surface area (Å²) in [5.41, 5.74) is 6.07. The lowest BCUT2D eigenvalue weighted by atomic mass is 10.1. The summed E-state index contributed by atoms with van der Waals surface area (Å²) in [6.07, 6.45) is 7.21. The van der Waals surface area contributed by atoms with E-state index in [2.05, 4.69) is 4.98 Å². The Morgan fingerprint density at radius 1 is 1.22 bits per heavy atom. The first-order valence-corrected chi connectivity index (χ1v) is 6.76. The number of anilines is 1. The second-order valence-corrected chi connectivity index (χ2v) is 5.06. The maximum atomic E-state index is 12.4. The van der Waals surface area contributed by atoms with E-state index in [9.17, 15) is 4.79 Å². The van der Waals surface area contributed by atoms with Crippen molar-refractivity contribution in [3.8, 4) is 0 Å². The van der Waals surface area contributed by atoms with Crippen LogP contribution >= 0.6 is 11.6 Å².